The third-order valence-electron chi connectivity index (χ3n) is 2.32. The first-order chi connectivity index (χ1) is 9.43. The van der Waals surface area contributed by atoms with E-state index in [-0.39, 0.29) is 0 Å². The van der Waals surface area contributed by atoms with E-state index in [1.54, 1.807) is 0 Å². The molecular formula is C13H13NO6. The molecule has 0 amide bonds. The van der Waals surface area contributed by atoms with Gasteiger partial charge in [0.1, 0.15) is 0 Å². The summed E-state index contributed by atoms with van der Waals surface area (Å²) in [6, 6.07) is 12.1. The summed E-state index contributed by atoms with van der Waals surface area (Å²) in [4.78, 5) is 23.7. The number of para-hydroxylation sites is 1. The van der Waals surface area contributed by atoms with E-state index in [2.05, 4.69) is 17.1 Å². The second-order valence-electron chi connectivity index (χ2n) is 3.76. The summed E-state index contributed by atoms with van der Waals surface area (Å²) < 4.78 is 0. The van der Waals surface area contributed by atoms with Crippen molar-refractivity contribution in [1.29, 1.82) is 0 Å². The van der Waals surface area contributed by atoms with Gasteiger partial charge >= 0.3 is 11.9 Å². The summed E-state index contributed by atoms with van der Waals surface area (Å²) in [6.45, 7) is 0. The number of aromatic nitrogens is 1. The number of benzene rings is 1. The Balaban J connectivity index is 0.000000200. The highest BCUT2D eigenvalue weighted by Crippen LogP contribution is 2.07. The molecule has 0 bridgehead atoms. The van der Waals surface area contributed by atoms with Crippen molar-refractivity contribution in [3.63, 3.8) is 0 Å². The molecule has 0 unspecified atom stereocenters. The van der Waals surface area contributed by atoms with Crippen molar-refractivity contribution >= 4 is 22.8 Å². The highest BCUT2D eigenvalue weighted by molar-refractivity contribution is 5.83. The summed E-state index contributed by atoms with van der Waals surface area (Å²) in [5.74, 6) is -3.54. The molecule has 0 aliphatic rings. The Kier molecular flexibility index (Phi) is 5.57. The van der Waals surface area contributed by atoms with Crippen LogP contribution >= 0.6 is 0 Å². The van der Waals surface area contributed by atoms with Crippen LogP contribution in [-0.4, -0.2) is 49.6 Å². The number of carbonyl (C=O) groups is 2. The number of carboxylic acid groups (broad SMARTS) is 2. The van der Waals surface area contributed by atoms with Crippen molar-refractivity contribution in [2.45, 2.75) is 12.2 Å². The predicted molar refractivity (Wildman–Crippen MR) is 69.0 cm³/mol. The average Bonchev–Trinajstić information content (AvgIpc) is 2.46. The number of hydrogen-bond acceptors (Lipinski definition) is 5. The van der Waals surface area contributed by atoms with Crippen molar-refractivity contribution < 1.29 is 30.0 Å². The van der Waals surface area contributed by atoms with Crippen molar-refractivity contribution in [2.24, 2.45) is 0 Å². The average molecular weight is 279 g/mol. The molecule has 0 spiro atoms. The maximum absolute atomic E-state index is 9.77. The largest absolute Gasteiger partial charge is 0.479 e. The Hall–Kier alpha value is -2.51. The van der Waals surface area contributed by atoms with Gasteiger partial charge in [0.15, 0.2) is 12.2 Å². The van der Waals surface area contributed by atoms with E-state index in [0.29, 0.717) is 0 Å². The molecule has 0 radical (unpaired) electrons. The Labute approximate surface area is 113 Å². The van der Waals surface area contributed by atoms with Gasteiger partial charge in [0.2, 0.25) is 0 Å². The van der Waals surface area contributed by atoms with Crippen molar-refractivity contribution in [3.8, 4) is 0 Å². The summed E-state index contributed by atoms with van der Waals surface area (Å²) in [5.41, 5.74) is 1.06. The Morgan fingerprint density at radius 2 is 1.40 bits per heavy atom. The van der Waals surface area contributed by atoms with E-state index < -0.39 is 24.1 Å². The molecule has 0 aliphatic heterocycles. The molecule has 1 heterocycles. The smallest absolute Gasteiger partial charge is 0.335 e. The molecule has 2 atom stereocenters. The summed E-state index contributed by atoms with van der Waals surface area (Å²) in [7, 11) is 0. The zero-order valence-electron chi connectivity index (χ0n) is 10.2. The molecule has 0 saturated heterocycles. The molecule has 1 aromatic heterocycles. The van der Waals surface area contributed by atoms with Crippen molar-refractivity contribution in [3.05, 3.63) is 42.6 Å². The number of carboxylic acids is 2. The molecule has 20 heavy (non-hydrogen) atoms. The van der Waals surface area contributed by atoms with Crippen LogP contribution < -0.4 is 0 Å². The normalized spacial score (nSPS) is 12.9. The lowest BCUT2D eigenvalue weighted by Crippen LogP contribution is -2.39. The number of aliphatic carboxylic acids is 2. The van der Waals surface area contributed by atoms with Gasteiger partial charge in [0.25, 0.3) is 0 Å². The highest BCUT2D eigenvalue weighted by Gasteiger charge is 2.29. The minimum absolute atomic E-state index is 1.06. The van der Waals surface area contributed by atoms with Gasteiger partial charge in [0, 0.05) is 11.6 Å². The number of fused-ring (bicyclic) bond motifs is 1. The fourth-order valence-electron chi connectivity index (χ4n) is 1.29. The molecule has 0 aliphatic carbocycles. The van der Waals surface area contributed by atoms with Crippen LogP contribution in [0.1, 0.15) is 0 Å². The van der Waals surface area contributed by atoms with Gasteiger partial charge < -0.3 is 20.4 Å². The molecule has 4 N–H and O–H groups in total. The molecule has 0 saturated carbocycles. The maximum Gasteiger partial charge on any atom is 0.335 e. The van der Waals surface area contributed by atoms with Crippen LogP contribution in [0.25, 0.3) is 10.9 Å². The van der Waals surface area contributed by atoms with Gasteiger partial charge in [-0.2, -0.15) is 0 Å². The fourth-order valence-corrected chi connectivity index (χ4v) is 1.29. The molecular weight excluding hydrogens is 266 g/mol. The standard InChI is InChI=1S/C9H7N.C4H6O6/c1-2-6-9-8(4-1)5-3-7-10-9;5-1(3(7)8)2(6)4(9)10/h1-7H;1-2,5-6H,(H,7,8)(H,9,10)/t;1-,2-/m.1/s1. The Bertz CT molecular complexity index is 517. The number of aliphatic hydroxyl groups is 2. The van der Waals surface area contributed by atoms with Gasteiger partial charge in [-0.25, -0.2) is 9.59 Å². The number of rotatable bonds is 3. The van der Waals surface area contributed by atoms with Gasteiger partial charge in [-0.3, -0.25) is 4.98 Å². The van der Waals surface area contributed by atoms with E-state index in [4.69, 9.17) is 20.4 Å². The van der Waals surface area contributed by atoms with Crippen LogP contribution in [0, 0.1) is 0 Å². The van der Waals surface area contributed by atoms with Crippen LogP contribution in [0.3, 0.4) is 0 Å². The Morgan fingerprint density at radius 3 is 1.90 bits per heavy atom. The molecule has 7 heteroatoms. The van der Waals surface area contributed by atoms with Crippen LogP contribution in [-0.2, 0) is 9.59 Å². The Morgan fingerprint density at radius 1 is 0.900 bits per heavy atom. The molecule has 1 aromatic carbocycles. The van der Waals surface area contributed by atoms with E-state index >= 15 is 0 Å². The number of nitrogens with zero attached hydrogens (tertiary/aromatic N) is 1. The lowest BCUT2D eigenvalue weighted by molar-refractivity contribution is -0.165. The lowest BCUT2D eigenvalue weighted by Gasteiger charge is -2.07. The molecule has 2 aromatic rings. The molecule has 0 fully saturated rings. The first-order valence-corrected chi connectivity index (χ1v) is 5.55. The van der Waals surface area contributed by atoms with Gasteiger partial charge in [-0.05, 0) is 12.1 Å². The van der Waals surface area contributed by atoms with E-state index in [0.717, 1.165) is 5.52 Å². The summed E-state index contributed by atoms with van der Waals surface area (Å²) in [6.07, 6.45) is -2.72. The van der Waals surface area contributed by atoms with Crippen molar-refractivity contribution in [2.75, 3.05) is 0 Å². The number of pyridine rings is 1. The second kappa shape index (κ2) is 7.17. The minimum atomic E-state index is -2.27. The first-order valence-electron chi connectivity index (χ1n) is 5.55. The van der Waals surface area contributed by atoms with Crippen LogP contribution in [0.5, 0.6) is 0 Å². The number of hydrogen-bond donors (Lipinski definition) is 4. The van der Waals surface area contributed by atoms with Crippen LogP contribution in [0.15, 0.2) is 42.6 Å². The van der Waals surface area contributed by atoms with E-state index in [1.807, 2.05) is 30.5 Å². The number of aliphatic hydroxyl groups excluding tert-OH is 2. The van der Waals surface area contributed by atoms with E-state index in [1.165, 1.54) is 5.39 Å². The van der Waals surface area contributed by atoms with Gasteiger partial charge in [-0.15, -0.1) is 0 Å². The fraction of sp³-hybridized carbons (Fsp3) is 0.154. The minimum Gasteiger partial charge on any atom is -0.479 e. The molecule has 2 rings (SSSR count). The molecule has 106 valence electrons. The van der Waals surface area contributed by atoms with Crippen LogP contribution in [0.2, 0.25) is 0 Å². The topological polar surface area (TPSA) is 128 Å². The zero-order valence-corrected chi connectivity index (χ0v) is 10.2. The third kappa shape index (κ3) is 4.30. The quantitative estimate of drug-likeness (QED) is 0.627. The third-order valence-corrected chi connectivity index (χ3v) is 2.32. The molecule has 7 nitrogen and oxygen atoms in total. The maximum atomic E-state index is 9.77. The first kappa shape index (κ1) is 15.5. The summed E-state index contributed by atoms with van der Waals surface area (Å²) >= 11 is 0. The van der Waals surface area contributed by atoms with Gasteiger partial charge in [0.05, 0.1) is 5.52 Å². The summed E-state index contributed by atoms with van der Waals surface area (Å²) in [5, 5.41) is 33.7. The lowest BCUT2D eigenvalue weighted by atomic mass is 10.2. The highest BCUT2D eigenvalue weighted by atomic mass is 16.4. The van der Waals surface area contributed by atoms with E-state index in [9.17, 15) is 9.59 Å². The van der Waals surface area contributed by atoms with Crippen molar-refractivity contribution in [1.82, 2.24) is 4.98 Å². The van der Waals surface area contributed by atoms with Crippen LogP contribution in [0.4, 0.5) is 0 Å². The zero-order chi connectivity index (χ0) is 15.1. The predicted octanol–water partition coefficient (Wildman–Crippen LogP) is 0.112. The SMILES string of the molecule is O=C(O)[C@H](O)[C@@H](O)C(=O)O.c1ccc2ncccc2c1. The van der Waals surface area contributed by atoms with Gasteiger partial charge in [-0.1, -0.05) is 24.3 Å². The monoisotopic (exact) mass is 279 g/mol. The second-order valence-corrected chi connectivity index (χ2v) is 3.76.